The maximum Gasteiger partial charge on any atom is 0.293 e. The Bertz CT molecular complexity index is 718. The van der Waals surface area contributed by atoms with E-state index in [1.54, 1.807) is 17.0 Å². The molecule has 23 heavy (non-hydrogen) atoms. The monoisotopic (exact) mass is 316 g/mol. The van der Waals surface area contributed by atoms with Gasteiger partial charge in [-0.1, -0.05) is 20.3 Å². The van der Waals surface area contributed by atoms with E-state index in [1.165, 1.54) is 12.8 Å². The number of nitrogens with zero attached hydrogens (tertiary/aromatic N) is 5. The highest BCUT2D eigenvalue weighted by atomic mass is 16.1. The average Bonchev–Trinajstić information content (AvgIpc) is 2.75. The van der Waals surface area contributed by atoms with Crippen molar-refractivity contribution >= 4 is 5.82 Å². The third-order valence-corrected chi connectivity index (χ3v) is 4.08. The maximum atomic E-state index is 12.4. The van der Waals surface area contributed by atoms with E-state index in [1.807, 2.05) is 0 Å². The van der Waals surface area contributed by atoms with Gasteiger partial charge in [0.2, 0.25) is 0 Å². The highest BCUT2D eigenvalue weighted by molar-refractivity contribution is 5.31. The van der Waals surface area contributed by atoms with Gasteiger partial charge in [0.05, 0.1) is 6.54 Å². The van der Waals surface area contributed by atoms with Crippen LogP contribution >= 0.6 is 0 Å². The predicted octanol–water partition coefficient (Wildman–Crippen LogP) is 1.83. The number of anilines is 1. The summed E-state index contributed by atoms with van der Waals surface area (Å²) in [6.07, 6.45) is 7.94. The summed E-state index contributed by atoms with van der Waals surface area (Å²) in [7, 11) is 0. The van der Waals surface area contributed by atoms with Crippen LogP contribution in [0.2, 0.25) is 0 Å². The smallest absolute Gasteiger partial charge is 0.293 e. The first kappa shape index (κ1) is 15.7. The van der Waals surface area contributed by atoms with Crippen LogP contribution in [0.15, 0.2) is 17.2 Å². The molecule has 0 saturated heterocycles. The topological polar surface area (TPSA) is 77.6 Å². The lowest BCUT2D eigenvalue weighted by atomic mass is 10.2. The number of aryl methyl sites for hydroxylation is 1. The van der Waals surface area contributed by atoms with E-state index < -0.39 is 0 Å². The van der Waals surface area contributed by atoms with Crippen LogP contribution in [-0.4, -0.2) is 24.3 Å². The molecule has 0 radical (unpaired) electrons. The predicted molar refractivity (Wildman–Crippen MR) is 88.2 cm³/mol. The molecule has 0 unspecified atom stereocenters. The van der Waals surface area contributed by atoms with Crippen molar-refractivity contribution in [1.82, 2.24) is 24.3 Å². The maximum absolute atomic E-state index is 12.4. The molecule has 0 amide bonds. The first-order valence-corrected chi connectivity index (χ1v) is 8.35. The molecule has 0 spiro atoms. The molecule has 124 valence electrons. The van der Waals surface area contributed by atoms with Gasteiger partial charge >= 0.3 is 0 Å². The molecule has 7 nitrogen and oxygen atoms in total. The largest absolute Gasteiger partial charge is 0.358 e. The van der Waals surface area contributed by atoms with Crippen LogP contribution in [0.5, 0.6) is 0 Å². The van der Waals surface area contributed by atoms with E-state index in [9.17, 15) is 4.79 Å². The third-order valence-electron chi connectivity index (χ3n) is 4.08. The molecular formula is C16H24N6O. The van der Waals surface area contributed by atoms with Gasteiger partial charge in [-0.2, -0.15) is 0 Å². The standard InChI is InChI=1S/C16H24N6O/c1-12(2)11-21-9-7-17-15(16(21)23)18-10-14-20-19-13-6-4-3-5-8-22(13)14/h7,9,12H,3-6,8,10-11H2,1-2H3,(H,17,18). The molecular weight excluding hydrogens is 292 g/mol. The van der Waals surface area contributed by atoms with Gasteiger partial charge in [-0.05, 0) is 18.8 Å². The molecule has 1 aliphatic heterocycles. The fourth-order valence-corrected chi connectivity index (χ4v) is 2.94. The SMILES string of the molecule is CC(C)Cn1ccnc(NCc2nnc3n2CCCCC3)c1=O. The summed E-state index contributed by atoms with van der Waals surface area (Å²) in [5, 5.41) is 11.7. The second kappa shape index (κ2) is 6.93. The molecule has 7 heteroatoms. The van der Waals surface area contributed by atoms with Gasteiger partial charge in [-0.25, -0.2) is 4.98 Å². The van der Waals surface area contributed by atoms with Crippen LogP contribution in [-0.2, 0) is 26.1 Å². The first-order valence-electron chi connectivity index (χ1n) is 8.35. The molecule has 1 aliphatic rings. The number of fused-ring (bicyclic) bond motifs is 1. The van der Waals surface area contributed by atoms with E-state index in [2.05, 4.69) is 38.9 Å². The Hall–Kier alpha value is -2.18. The van der Waals surface area contributed by atoms with Gasteiger partial charge in [0.1, 0.15) is 5.82 Å². The normalized spacial score (nSPS) is 14.6. The number of hydrogen-bond donors (Lipinski definition) is 1. The van der Waals surface area contributed by atoms with Crippen LogP contribution in [0.25, 0.3) is 0 Å². The molecule has 2 aromatic rings. The molecule has 3 heterocycles. The van der Waals surface area contributed by atoms with Crippen molar-refractivity contribution in [1.29, 1.82) is 0 Å². The summed E-state index contributed by atoms with van der Waals surface area (Å²) in [6, 6.07) is 0. The third kappa shape index (κ3) is 3.60. The zero-order valence-corrected chi connectivity index (χ0v) is 13.8. The number of rotatable bonds is 5. The van der Waals surface area contributed by atoms with Crippen LogP contribution in [0, 0.1) is 5.92 Å². The van der Waals surface area contributed by atoms with E-state index in [4.69, 9.17) is 0 Å². The Kier molecular flexibility index (Phi) is 4.73. The fourth-order valence-electron chi connectivity index (χ4n) is 2.94. The van der Waals surface area contributed by atoms with E-state index >= 15 is 0 Å². The van der Waals surface area contributed by atoms with Crippen molar-refractivity contribution in [2.75, 3.05) is 5.32 Å². The highest BCUT2D eigenvalue weighted by Gasteiger charge is 2.15. The van der Waals surface area contributed by atoms with Gasteiger partial charge < -0.3 is 14.5 Å². The summed E-state index contributed by atoms with van der Waals surface area (Å²) in [6.45, 7) is 6.30. The number of hydrogen-bond acceptors (Lipinski definition) is 5. The van der Waals surface area contributed by atoms with Gasteiger partial charge in [0, 0.05) is 31.9 Å². The summed E-state index contributed by atoms with van der Waals surface area (Å²) in [5.74, 6) is 2.72. The van der Waals surface area contributed by atoms with Crippen LogP contribution in [0.1, 0.15) is 44.8 Å². The zero-order chi connectivity index (χ0) is 16.2. The number of aromatic nitrogens is 5. The quantitative estimate of drug-likeness (QED) is 0.910. The Morgan fingerprint density at radius 2 is 2.13 bits per heavy atom. The van der Waals surface area contributed by atoms with Gasteiger partial charge in [-0.3, -0.25) is 4.79 Å². The zero-order valence-electron chi connectivity index (χ0n) is 13.8. The van der Waals surface area contributed by atoms with Crippen molar-refractivity contribution in [3.63, 3.8) is 0 Å². The summed E-state index contributed by atoms with van der Waals surface area (Å²) in [5.41, 5.74) is -0.0863. The van der Waals surface area contributed by atoms with Crippen molar-refractivity contribution in [2.24, 2.45) is 5.92 Å². The molecule has 0 bridgehead atoms. The summed E-state index contributed by atoms with van der Waals surface area (Å²) < 4.78 is 3.87. The summed E-state index contributed by atoms with van der Waals surface area (Å²) in [4.78, 5) is 16.6. The molecule has 0 fully saturated rings. The minimum absolute atomic E-state index is 0.0863. The first-order chi connectivity index (χ1) is 11.1. The van der Waals surface area contributed by atoms with Crippen molar-refractivity contribution < 1.29 is 0 Å². The molecule has 2 aromatic heterocycles. The molecule has 0 atom stereocenters. The molecule has 0 aromatic carbocycles. The lowest BCUT2D eigenvalue weighted by molar-refractivity contribution is 0.509. The second-order valence-electron chi connectivity index (χ2n) is 6.48. The van der Waals surface area contributed by atoms with Crippen molar-refractivity contribution in [2.45, 2.75) is 59.2 Å². The Morgan fingerprint density at radius 1 is 1.26 bits per heavy atom. The average molecular weight is 316 g/mol. The van der Waals surface area contributed by atoms with Crippen LogP contribution in [0.3, 0.4) is 0 Å². The van der Waals surface area contributed by atoms with E-state index in [0.29, 0.717) is 24.8 Å². The fraction of sp³-hybridized carbons (Fsp3) is 0.625. The lowest BCUT2D eigenvalue weighted by Gasteiger charge is -2.11. The Morgan fingerprint density at radius 3 is 2.96 bits per heavy atom. The van der Waals surface area contributed by atoms with E-state index in [0.717, 1.165) is 31.0 Å². The van der Waals surface area contributed by atoms with Gasteiger partial charge in [-0.15, -0.1) is 10.2 Å². The van der Waals surface area contributed by atoms with Crippen molar-refractivity contribution in [3.05, 3.63) is 34.4 Å². The molecule has 3 rings (SSSR count). The Balaban J connectivity index is 1.74. The second-order valence-corrected chi connectivity index (χ2v) is 6.48. The Labute approximate surface area is 135 Å². The minimum Gasteiger partial charge on any atom is -0.358 e. The molecule has 1 N–H and O–H groups in total. The number of nitrogens with one attached hydrogen (secondary N) is 1. The molecule has 0 aliphatic carbocycles. The van der Waals surface area contributed by atoms with Crippen molar-refractivity contribution in [3.8, 4) is 0 Å². The summed E-state index contributed by atoms with van der Waals surface area (Å²) >= 11 is 0. The minimum atomic E-state index is -0.0863. The van der Waals surface area contributed by atoms with Crippen LogP contribution < -0.4 is 10.9 Å². The van der Waals surface area contributed by atoms with Gasteiger partial charge in [0.25, 0.3) is 5.56 Å². The van der Waals surface area contributed by atoms with E-state index in [-0.39, 0.29) is 5.56 Å². The highest BCUT2D eigenvalue weighted by Crippen LogP contribution is 2.14. The van der Waals surface area contributed by atoms with Gasteiger partial charge in [0.15, 0.2) is 11.6 Å². The van der Waals surface area contributed by atoms with Crippen LogP contribution in [0.4, 0.5) is 5.82 Å². The molecule has 0 saturated carbocycles. The lowest BCUT2D eigenvalue weighted by Crippen LogP contribution is -2.26.